The summed E-state index contributed by atoms with van der Waals surface area (Å²) in [5, 5.41) is 0.300. The molecule has 0 N–H and O–H groups in total. The maximum Gasteiger partial charge on any atom is 0.192 e. The van der Waals surface area contributed by atoms with Crippen LogP contribution in [0.25, 0.3) is 5.57 Å². The van der Waals surface area contributed by atoms with Crippen LogP contribution in [0.2, 0.25) is 18.1 Å². The van der Waals surface area contributed by atoms with Crippen molar-refractivity contribution < 1.29 is 4.43 Å². The quantitative estimate of drug-likeness (QED) is 0.724. The molecule has 1 aromatic rings. The van der Waals surface area contributed by atoms with Crippen molar-refractivity contribution in [1.29, 1.82) is 0 Å². The second kappa shape index (κ2) is 5.50. The van der Waals surface area contributed by atoms with E-state index in [1.807, 2.05) is 11.7 Å². The predicted molar refractivity (Wildman–Crippen MR) is 86.0 cm³/mol. The summed E-state index contributed by atoms with van der Waals surface area (Å²) in [6.07, 6.45) is 8.08. The maximum atomic E-state index is 6.49. The molecule has 19 heavy (non-hydrogen) atoms. The molecule has 106 valence electrons. The van der Waals surface area contributed by atoms with Gasteiger partial charge in [0.2, 0.25) is 0 Å². The molecule has 0 amide bonds. The minimum absolute atomic E-state index is 0.300. The summed E-state index contributed by atoms with van der Waals surface area (Å²) in [5.74, 6) is 0. The lowest BCUT2D eigenvalue weighted by Gasteiger charge is -2.40. The van der Waals surface area contributed by atoms with Gasteiger partial charge < -0.3 is 4.43 Å². The van der Waals surface area contributed by atoms with Gasteiger partial charge in [-0.15, -0.1) is 11.3 Å². The van der Waals surface area contributed by atoms with Gasteiger partial charge in [-0.3, -0.25) is 4.98 Å². The van der Waals surface area contributed by atoms with Crippen molar-refractivity contribution in [2.75, 3.05) is 0 Å². The van der Waals surface area contributed by atoms with E-state index >= 15 is 0 Å². The number of rotatable bonds is 3. The van der Waals surface area contributed by atoms with Crippen molar-refractivity contribution in [2.24, 2.45) is 0 Å². The third-order valence-electron chi connectivity index (χ3n) is 4.38. The Bertz CT molecular complexity index is 445. The maximum absolute atomic E-state index is 6.49. The molecule has 4 heteroatoms. The summed E-state index contributed by atoms with van der Waals surface area (Å²) in [4.78, 5) is 5.49. The van der Waals surface area contributed by atoms with Crippen molar-refractivity contribution in [2.45, 2.75) is 64.3 Å². The molecule has 0 aromatic carbocycles. The molecule has 1 aliphatic rings. The Kier molecular flexibility index (Phi) is 4.33. The average Bonchev–Trinajstić information content (AvgIpc) is 2.81. The Balaban J connectivity index is 1.97. The second-order valence-corrected chi connectivity index (χ2v) is 12.5. The molecule has 1 heterocycles. The zero-order valence-corrected chi connectivity index (χ0v) is 14.5. The Morgan fingerprint density at radius 2 is 2.11 bits per heavy atom. The highest BCUT2D eigenvalue weighted by molar-refractivity contribution is 7.10. The monoisotopic (exact) mass is 295 g/mol. The van der Waals surface area contributed by atoms with Crippen LogP contribution >= 0.6 is 11.3 Å². The number of aromatic nitrogens is 1. The first-order chi connectivity index (χ1) is 8.79. The van der Waals surface area contributed by atoms with Crippen molar-refractivity contribution in [3.63, 3.8) is 0 Å². The van der Waals surface area contributed by atoms with Gasteiger partial charge in [0.1, 0.15) is 0 Å². The molecule has 0 spiro atoms. The summed E-state index contributed by atoms with van der Waals surface area (Å²) >= 11 is 1.74. The summed E-state index contributed by atoms with van der Waals surface area (Å²) < 4.78 is 6.49. The van der Waals surface area contributed by atoms with Gasteiger partial charge in [-0.2, -0.15) is 0 Å². The number of hydrogen-bond acceptors (Lipinski definition) is 3. The van der Waals surface area contributed by atoms with Gasteiger partial charge in [0.15, 0.2) is 8.32 Å². The molecule has 2 nitrogen and oxygen atoms in total. The minimum Gasteiger partial charge on any atom is -0.414 e. The van der Waals surface area contributed by atoms with Crippen LogP contribution in [0, 0.1) is 0 Å². The Labute approximate surface area is 122 Å². The van der Waals surface area contributed by atoms with E-state index in [1.165, 1.54) is 10.5 Å². The van der Waals surface area contributed by atoms with Crippen molar-refractivity contribution in [3.05, 3.63) is 22.7 Å². The number of allylic oxidation sites excluding steroid dienone is 1. The van der Waals surface area contributed by atoms with E-state index in [4.69, 9.17) is 4.43 Å². The van der Waals surface area contributed by atoms with Gasteiger partial charge in [0.25, 0.3) is 0 Å². The average molecular weight is 296 g/mol. The van der Waals surface area contributed by atoms with Crippen LogP contribution in [-0.4, -0.2) is 19.4 Å². The minimum atomic E-state index is -1.62. The molecular weight excluding hydrogens is 270 g/mol. The third kappa shape index (κ3) is 3.55. The van der Waals surface area contributed by atoms with Crippen LogP contribution in [0.5, 0.6) is 0 Å². The fourth-order valence-corrected chi connectivity index (χ4v) is 4.20. The first-order valence-corrected chi connectivity index (χ1v) is 10.8. The molecule has 0 saturated carbocycles. The smallest absolute Gasteiger partial charge is 0.192 e. The van der Waals surface area contributed by atoms with Crippen LogP contribution < -0.4 is 0 Å². The summed E-state index contributed by atoms with van der Waals surface area (Å²) in [7, 11) is -1.62. The van der Waals surface area contributed by atoms with Gasteiger partial charge in [-0.1, -0.05) is 26.8 Å². The fraction of sp³-hybridized carbons (Fsp3) is 0.667. The molecule has 0 aliphatic heterocycles. The van der Waals surface area contributed by atoms with E-state index in [0.717, 1.165) is 19.3 Å². The first kappa shape index (κ1) is 14.9. The molecular formula is C15H25NOSSi. The molecule has 0 saturated heterocycles. The predicted octanol–water partition coefficient (Wildman–Crippen LogP) is 5.10. The van der Waals surface area contributed by atoms with Gasteiger partial charge in [0.05, 0.1) is 5.51 Å². The van der Waals surface area contributed by atoms with E-state index in [2.05, 4.69) is 44.9 Å². The Hall–Kier alpha value is -0.453. The van der Waals surface area contributed by atoms with Crippen LogP contribution in [0.1, 0.15) is 44.9 Å². The van der Waals surface area contributed by atoms with E-state index in [-0.39, 0.29) is 0 Å². The van der Waals surface area contributed by atoms with E-state index in [0.29, 0.717) is 11.1 Å². The van der Waals surface area contributed by atoms with Crippen LogP contribution in [-0.2, 0) is 4.43 Å². The molecule has 1 unspecified atom stereocenters. The number of thiazole rings is 1. The van der Waals surface area contributed by atoms with Crippen molar-refractivity contribution >= 4 is 25.2 Å². The summed E-state index contributed by atoms with van der Waals surface area (Å²) in [6.45, 7) is 11.6. The normalized spacial score (nSPS) is 21.3. The Morgan fingerprint density at radius 3 is 2.58 bits per heavy atom. The molecule has 0 fully saturated rings. The SMILES string of the molecule is CC(C)(C)[Si](C)(C)OC1CC=C(c2cncs2)CC1. The highest BCUT2D eigenvalue weighted by Crippen LogP contribution is 2.39. The summed E-state index contributed by atoms with van der Waals surface area (Å²) in [6, 6.07) is 0. The van der Waals surface area contributed by atoms with Gasteiger partial charge >= 0.3 is 0 Å². The zero-order valence-electron chi connectivity index (χ0n) is 12.7. The molecule has 0 radical (unpaired) electrons. The number of hydrogen-bond donors (Lipinski definition) is 0. The molecule has 1 aromatic heterocycles. The van der Waals surface area contributed by atoms with Crippen LogP contribution in [0.3, 0.4) is 0 Å². The van der Waals surface area contributed by atoms with E-state index in [1.54, 1.807) is 11.3 Å². The molecule has 1 aliphatic carbocycles. The van der Waals surface area contributed by atoms with Gasteiger partial charge in [-0.05, 0) is 43.0 Å². The lowest BCUT2D eigenvalue weighted by atomic mass is 9.97. The third-order valence-corrected chi connectivity index (χ3v) is 9.76. The standard InChI is InChI=1S/C15H25NOSSi/c1-15(2,3)19(4,5)17-13-8-6-12(7-9-13)14-10-16-11-18-14/h6,10-11,13H,7-9H2,1-5H3. The highest BCUT2D eigenvalue weighted by Gasteiger charge is 2.39. The second-order valence-electron chi connectivity index (χ2n) is 6.87. The van der Waals surface area contributed by atoms with Gasteiger partial charge in [0, 0.05) is 17.2 Å². The van der Waals surface area contributed by atoms with Crippen LogP contribution in [0.4, 0.5) is 0 Å². The van der Waals surface area contributed by atoms with Crippen molar-refractivity contribution in [3.8, 4) is 0 Å². The van der Waals surface area contributed by atoms with E-state index < -0.39 is 8.32 Å². The first-order valence-electron chi connectivity index (χ1n) is 7.05. The number of nitrogens with zero attached hydrogens (tertiary/aromatic N) is 1. The molecule has 2 rings (SSSR count). The van der Waals surface area contributed by atoms with Gasteiger partial charge in [-0.25, -0.2) is 0 Å². The lowest BCUT2D eigenvalue weighted by molar-refractivity contribution is 0.172. The summed E-state index contributed by atoms with van der Waals surface area (Å²) in [5.41, 5.74) is 3.37. The largest absolute Gasteiger partial charge is 0.414 e. The fourth-order valence-electron chi connectivity index (χ4n) is 2.11. The zero-order chi connectivity index (χ0) is 14.1. The Morgan fingerprint density at radius 1 is 1.37 bits per heavy atom. The molecule has 1 atom stereocenters. The van der Waals surface area contributed by atoms with Crippen molar-refractivity contribution in [1.82, 2.24) is 4.98 Å². The molecule has 0 bridgehead atoms. The lowest BCUT2D eigenvalue weighted by Crippen LogP contribution is -2.44. The highest BCUT2D eigenvalue weighted by atomic mass is 32.1. The van der Waals surface area contributed by atoms with Crippen LogP contribution in [0.15, 0.2) is 17.8 Å². The topological polar surface area (TPSA) is 22.1 Å². The van der Waals surface area contributed by atoms with E-state index in [9.17, 15) is 0 Å².